The molecule has 0 radical (unpaired) electrons. The molecule has 8 nitrogen and oxygen atoms in total. The Kier molecular flexibility index (Phi) is 5.62. The van der Waals surface area contributed by atoms with E-state index in [1.807, 2.05) is 0 Å². The largest absolute Gasteiger partial charge is 0.314 e. The molecule has 10 heteroatoms. The Bertz CT molecular complexity index is 372. The van der Waals surface area contributed by atoms with Crippen molar-refractivity contribution in [3.8, 4) is 0 Å². The van der Waals surface area contributed by atoms with E-state index in [1.165, 1.54) is 0 Å². The average molecular weight is 263 g/mol. The summed E-state index contributed by atoms with van der Waals surface area (Å²) in [4.78, 5) is 0. The fourth-order valence-electron chi connectivity index (χ4n) is 0.633. The molecule has 0 aliphatic rings. The van der Waals surface area contributed by atoms with Crippen molar-refractivity contribution in [2.24, 2.45) is 0 Å². The summed E-state index contributed by atoms with van der Waals surface area (Å²) in [5, 5.41) is 9.49. The van der Waals surface area contributed by atoms with Crippen LogP contribution >= 0.6 is 0 Å². The summed E-state index contributed by atoms with van der Waals surface area (Å²) in [5.41, 5.74) is 0. The lowest BCUT2D eigenvalue weighted by atomic mass is 10.6. The molecule has 0 saturated heterocycles. The standard InChI is InChI=1S/C5H13NO7S2/c1-13-15(11,12)5-3-6(7)2-4-14(8,9)10/h7H,2-5H2,1H3,(H,8,9,10). The van der Waals surface area contributed by atoms with E-state index in [2.05, 4.69) is 4.18 Å². The van der Waals surface area contributed by atoms with E-state index in [0.717, 1.165) is 7.11 Å². The monoisotopic (exact) mass is 263 g/mol. The summed E-state index contributed by atoms with van der Waals surface area (Å²) >= 11 is 0. The van der Waals surface area contributed by atoms with E-state index in [1.54, 1.807) is 0 Å². The molecular formula is C5H13NO7S2. The van der Waals surface area contributed by atoms with Gasteiger partial charge in [0, 0.05) is 13.1 Å². The van der Waals surface area contributed by atoms with Gasteiger partial charge in [-0.05, 0) is 0 Å². The Balaban J connectivity index is 3.92. The fraction of sp³-hybridized carbons (Fsp3) is 1.00. The van der Waals surface area contributed by atoms with Gasteiger partial charge in [-0.1, -0.05) is 0 Å². The maximum atomic E-state index is 10.8. The SMILES string of the molecule is COS(=O)(=O)CCN(O)CCS(=O)(=O)O. The van der Waals surface area contributed by atoms with Crippen molar-refractivity contribution in [2.45, 2.75) is 0 Å². The molecule has 0 bridgehead atoms. The van der Waals surface area contributed by atoms with Crippen LogP contribution in [-0.2, 0) is 24.4 Å². The third-order valence-electron chi connectivity index (χ3n) is 1.46. The number of hydroxylamine groups is 2. The molecule has 0 heterocycles. The van der Waals surface area contributed by atoms with E-state index >= 15 is 0 Å². The lowest BCUT2D eigenvalue weighted by Gasteiger charge is -2.12. The van der Waals surface area contributed by atoms with Crippen LogP contribution in [0.25, 0.3) is 0 Å². The molecular weight excluding hydrogens is 250 g/mol. The highest BCUT2D eigenvalue weighted by atomic mass is 32.2. The lowest BCUT2D eigenvalue weighted by Crippen LogP contribution is -2.31. The topological polar surface area (TPSA) is 121 Å². The van der Waals surface area contributed by atoms with Gasteiger partial charge in [0.1, 0.15) is 0 Å². The molecule has 0 atom stereocenters. The van der Waals surface area contributed by atoms with Gasteiger partial charge < -0.3 is 5.21 Å². The zero-order chi connectivity index (χ0) is 12.1. The molecule has 2 N–H and O–H groups in total. The highest BCUT2D eigenvalue weighted by Gasteiger charge is 2.13. The van der Waals surface area contributed by atoms with Gasteiger partial charge in [0.05, 0.1) is 18.6 Å². The zero-order valence-corrected chi connectivity index (χ0v) is 9.66. The first kappa shape index (κ1) is 14.7. The van der Waals surface area contributed by atoms with Crippen LogP contribution in [0.15, 0.2) is 0 Å². The molecule has 0 unspecified atom stereocenters. The van der Waals surface area contributed by atoms with Gasteiger partial charge in [0.25, 0.3) is 20.2 Å². The van der Waals surface area contributed by atoms with Crippen LogP contribution in [0.1, 0.15) is 0 Å². The second-order valence-corrected chi connectivity index (χ2v) is 6.10. The van der Waals surface area contributed by atoms with Crippen molar-refractivity contribution >= 4 is 20.2 Å². The van der Waals surface area contributed by atoms with Crippen LogP contribution in [0.2, 0.25) is 0 Å². The summed E-state index contributed by atoms with van der Waals surface area (Å²) in [6.45, 7) is -0.677. The number of rotatable bonds is 7. The van der Waals surface area contributed by atoms with Crippen LogP contribution < -0.4 is 0 Å². The lowest BCUT2D eigenvalue weighted by molar-refractivity contribution is -0.0803. The molecule has 0 aliphatic heterocycles. The smallest absolute Gasteiger partial charge is 0.268 e. The predicted molar refractivity (Wildman–Crippen MR) is 50.6 cm³/mol. The maximum Gasteiger partial charge on any atom is 0.268 e. The molecule has 0 aliphatic carbocycles. The number of hydrogen-bond donors (Lipinski definition) is 2. The van der Waals surface area contributed by atoms with Gasteiger partial charge in [-0.15, -0.1) is 0 Å². The number of hydrogen-bond acceptors (Lipinski definition) is 7. The van der Waals surface area contributed by atoms with Crippen molar-refractivity contribution in [1.82, 2.24) is 5.06 Å². The van der Waals surface area contributed by atoms with Crippen LogP contribution in [0, 0.1) is 0 Å². The second-order valence-electron chi connectivity index (χ2n) is 2.67. The first-order valence-electron chi connectivity index (χ1n) is 3.83. The van der Waals surface area contributed by atoms with E-state index in [0.29, 0.717) is 5.06 Å². The maximum absolute atomic E-state index is 10.8. The van der Waals surface area contributed by atoms with E-state index in [4.69, 9.17) is 9.76 Å². The second kappa shape index (κ2) is 5.72. The van der Waals surface area contributed by atoms with Gasteiger partial charge in [-0.3, -0.25) is 8.74 Å². The fourth-order valence-corrected chi connectivity index (χ4v) is 1.68. The van der Waals surface area contributed by atoms with Crippen LogP contribution in [-0.4, -0.2) is 63.4 Å². The van der Waals surface area contributed by atoms with E-state index < -0.39 is 31.7 Å². The van der Waals surface area contributed by atoms with E-state index in [-0.39, 0.29) is 13.1 Å². The zero-order valence-electron chi connectivity index (χ0n) is 8.03. The number of nitrogens with zero attached hydrogens (tertiary/aromatic N) is 1. The molecule has 0 amide bonds. The van der Waals surface area contributed by atoms with Crippen LogP contribution in [0.3, 0.4) is 0 Å². The van der Waals surface area contributed by atoms with Crippen LogP contribution in [0.4, 0.5) is 0 Å². The molecule has 0 saturated carbocycles. The highest BCUT2D eigenvalue weighted by molar-refractivity contribution is 7.86. The molecule has 0 spiro atoms. The first-order valence-corrected chi connectivity index (χ1v) is 7.02. The Labute approximate surface area is 88.3 Å². The minimum atomic E-state index is -4.16. The molecule has 92 valence electrons. The summed E-state index contributed by atoms with van der Waals surface area (Å²) in [6.07, 6.45) is 0. The Morgan fingerprint density at radius 2 is 1.60 bits per heavy atom. The molecule has 0 rings (SSSR count). The molecule has 0 fully saturated rings. The van der Waals surface area contributed by atoms with Crippen molar-refractivity contribution < 1.29 is 30.8 Å². The summed E-state index contributed by atoms with van der Waals surface area (Å²) < 4.78 is 54.5. The third kappa shape index (κ3) is 8.72. The molecule has 0 aromatic carbocycles. The average Bonchev–Trinajstić information content (AvgIpc) is 2.10. The normalized spacial score (nSPS) is 13.3. The molecule has 15 heavy (non-hydrogen) atoms. The van der Waals surface area contributed by atoms with Crippen LogP contribution in [0.5, 0.6) is 0 Å². The molecule has 0 aromatic heterocycles. The summed E-state index contributed by atoms with van der Waals surface area (Å²) in [7, 11) is -6.86. The van der Waals surface area contributed by atoms with E-state index in [9.17, 15) is 16.8 Å². The Hall–Kier alpha value is -0.260. The van der Waals surface area contributed by atoms with Gasteiger partial charge in [-0.2, -0.15) is 21.9 Å². The predicted octanol–water partition coefficient (Wildman–Crippen LogP) is -1.46. The quantitative estimate of drug-likeness (QED) is 0.325. The Morgan fingerprint density at radius 3 is 2.00 bits per heavy atom. The van der Waals surface area contributed by atoms with Crippen molar-refractivity contribution in [3.63, 3.8) is 0 Å². The third-order valence-corrected chi connectivity index (χ3v) is 3.35. The Morgan fingerprint density at radius 1 is 1.13 bits per heavy atom. The minimum Gasteiger partial charge on any atom is -0.314 e. The first-order chi connectivity index (χ1) is 6.66. The highest BCUT2D eigenvalue weighted by Crippen LogP contribution is 1.93. The van der Waals surface area contributed by atoms with Gasteiger partial charge in [0.15, 0.2) is 0 Å². The van der Waals surface area contributed by atoms with Crippen molar-refractivity contribution in [3.05, 3.63) is 0 Å². The minimum absolute atomic E-state index is 0.300. The van der Waals surface area contributed by atoms with Gasteiger partial charge >= 0.3 is 0 Å². The van der Waals surface area contributed by atoms with Crippen molar-refractivity contribution in [2.75, 3.05) is 31.7 Å². The summed E-state index contributed by atoms with van der Waals surface area (Å²) in [5.74, 6) is -1.14. The van der Waals surface area contributed by atoms with Crippen molar-refractivity contribution in [1.29, 1.82) is 0 Å². The van der Waals surface area contributed by atoms with Gasteiger partial charge in [-0.25, -0.2) is 0 Å². The van der Waals surface area contributed by atoms with Gasteiger partial charge in [0.2, 0.25) is 0 Å². The summed E-state index contributed by atoms with van der Waals surface area (Å²) in [6, 6.07) is 0. The molecule has 0 aromatic rings.